The van der Waals surface area contributed by atoms with Gasteiger partial charge >= 0.3 is 59.1 Å². The Labute approximate surface area is 207 Å². The van der Waals surface area contributed by atoms with Gasteiger partial charge in [-0.2, -0.15) is 21.9 Å². The Hall–Kier alpha value is -0.820. The van der Waals surface area contributed by atoms with Crippen LogP contribution in [0.3, 0.4) is 0 Å². The molecule has 0 aromatic heterocycles. The van der Waals surface area contributed by atoms with Crippen molar-refractivity contribution in [3.63, 3.8) is 0 Å². The average Bonchev–Trinajstić information content (AvgIpc) is 2.60. The van der Waals surface area contributed by atoms with Gasteiger partial charge in [0.05, 0.1) is 10.6 Å². The third-order valence-electron chi connectivity index (χ3n) is 3.44. The van der Waals surface area contributed by atoms with E-state index < -0.39 is 21.1 Å². The first-order chi connectivity index (χ1) is 12.3. The van der Waals surface area contributed by atoms with E-state index in [0.717, 1.165) is 5.39 Å². The SMILES string of the molecule is O=[SH](=O)Oc1ccc2ccccc2c1N=Nc1ccc(S(=O)(=O)O)cc1.[NaH].[NaH]. The van der Waals surface area contributed by atoms with Gasteiger partial charge in [0, 0.05) is 5.39 Å². The third-order valence-corrected chi connectivity index (χ3v) is 4.65. The summed E-state index contributed by atoms with van der Waals surface area (Å²) in [6.07, 6.45) is 0. The molecule has 0 atom stereocenters. The van der Waals surface area contributed by atoms with E-state index in [1.807, 2.05) is 12.1 Å². The van der Waals surface area contributed by atoms with Crippen molar-refractivity contribution < 1.29 is 25.6 Å². The molecule has 0 unspecified atom stereocenters. The summed E-state index contributed by atoms with van der Waals surface area (Å²) < 4.78 is 57.7. The van der Waals surface area contributed by atoms with E-state index in [1.54, 1.807) is 18.2 Å². The molecule has 0 heterocycles. The molecule has 138 valence electrons. The van der Waals surface area contributed by atoms with Crippen LogP contribution in [0.1, 0.15) is 0 Å². The zero-order valence-corrected chi connectivity index (χ0v) is 14.7. The standard InChI is InChI=1S/C16H12N2O6S2.2Na.2H/c19-25(20)24-15-10-5-11-3-1-2-4-14(11)16(15)18-17-12-6-8-13(9-7-12)26(21,22)23;;;;/h1-10,25H,(H,21,22,23);;;;. The molecule has 1 N–H and O–H groups in total. The molecule has 0 aliphatic rings. The summed E-state index contributed by atoms with van der Waals surface area (Å²) in [6, 6.07) is 15.4. The van der Waals surface area contributed by atoms with Crippen LogP contribution in [0.15, 0.2) is 75.8 Å². The number of azo groups is 1. The molecule has 3 aromatic carbocycles. The van der Waals surface area contributed by atoms with Crippen molar-refractivity contribution >= 4 is 102 Å². The van der Waals surface area contributed by atoms with E-state index in [9.17, 15) is 16.8 Å². The molecule has 12 heteroatoms. The number of hydrogen-bond acceptors (Lipinski definition) is 7. The second kappa shape index (κ2) is 10.8. The fraction of sp³-hybridized carbons (Fsp3) is 0. The molecule has 0 aliphatic heterocycles. The molecule has 0 fully saturated rings. The van der Waals surface area contributed by atoms with E-state index in [0.29, 0.717) is 11.1 Å². The second-order valence-corrected chi connectivity index (χ2v) is 7.17. The number of fused-ring (bicyclic) bond motifs is 1. The van der Waals surface area contributed by atoms with Crippen molar-refractivity contribution in [1.29, 1.82) is 0 Å². The Morgan fingerprint density at radius 2 is 1.50 bits per heavy atom. The number of nitrogens with zero attached hydrogens (tertiary/aromatic N) is 2. The summed E-state index contributed by atoms with van der Waals surface area (Å²) in [5, 5.41) is 9.51. The van der Waals surface area contributed by atoms with E-state index in [4.69, 9.17) is 8.74 Å². The average molecular weight is 440 g/mol. The van der Waals surface area contributed by atoms with Gasteiger partial charge in [-0.3, -0.25) is 4.55 Å². The van der Waals surface area contributed by atoms with Crippen LogP contribution in [0, 0.1) is 0 Å². The quantitative estimate of drug-likeness (QED) is 0.271. The molecule has 0 spiro atoms. The summed E-state index contributed by atoms with van der Waals surface area (Å²) in [5.74, 6) is 0.0260. The Morgan fingerprint density at radius 1 is 0.857 bits per heavy atom. The van der Waals surface area contributed by atoms with Crippen molar-refractivity contribution in [3.8, 4) is 5.75 Å². The first-order valence-corrected chi connectivity index (χ1v) is 9.71. The minimum absolute atomic E-state index is 0. The summed E-state index contributed by atoms with van der Waals surface area (Å²) in [7, 11) is -7.42. The van der Waals surface area contributed by atoms with Gasteiger partial charge in [0.2, 0.25) is 0 Å². The van der Waals surface area contributed by atoms with Crippen molar-refractivity contribution in [1.82, 2.24) is 0 Å². The zero-order valence-electron chi connectivity index (χ0n) is 13.0. The molecule has 3 rings (SSSR count). The Balaban J connectivity index is 0.00000196. The monoisotopic (exact) mass is 440 g/mol. The normalized spacial score (nSPS) is 11.2. The molecular formula is C16H14N2Na2O6S2. The van der Waals surface area contributed by atoms with Crippen molar-refractivity contribution in [3.05, 3.63) is 60.7 Å². The van der Waals surface area contributed by atoms with Gasteiger partial charge in [-0.25, -0.2) is 0 Å². The predicted octanol–water partition coefficient (Wildman–Crippen LogP) is 2.11. The maximum absolute atomic E-state index is 11.0. The van der Waals surface area contributed by atoms with Gasteiger partial charge in [-0.1, -0.05) is 30.3 Å². The molecular weight excluding hydrogens is 426 g/mol. The Kier molecular flexibility index (Phi) is 9.74. The van der Waals surface area contributed by atoms with Crippen LogP contribution in [0.4, 0.5) is 11.4 Å². The van der Waals surface area contributed by atoms with E-state index in [1.165, 1.54) is 30.3 Å². The number of benzene rings is 3. The van der Waals surface area contributed by atoms with Gasteiger partial charge in [0.25, 0.3) is 21.1 Å². The van der Waals surface area contributed by atoms with Gasteiger partial charge in [0.1, 0.15) is 5.69 Å². The predicted molar refractivity (Wildman–Crippen MR) is 110 cm³/mol. The van der Waals surface area contributed by atoms with E-state index in [2.05, 4.69) is 10.2 Å². The minimum atomic E-state index is -4.30. The summed E-state index contributed by atoms with van der Waals surface area (Å²) in [6.45, 7) is 0. The van der Waals surface area contributed by atoms with Gasteiger partial charge in [0.15, 0.2) is 5.75 Å². The molecule has 0 bridgehead atoms. The van der Waals surface area contributed by atoms with Crippen molar-refractivity contribution in [2.45, 2.75) is 4.90 Å². The Bertz CT molecular complexity index is 1170. The number of rotatable bonds is 5. The van der Waals surface area contributed by atoms with Crippen molar-refractivity contribution in [2.24, 2.45) is 10.2 Å². The zero-order chi connectivity index (χ0) is 18.7. The molecule has 0 amide bonds. The first-order valence-electron chi connectivity index (χ1n) is 7.18. The van der Waals surface area contributed by atoms with Crippen molar-refractivity contribution in [2.75, 3.05) is 0 Å². The summed E-state index contributed by atoms with van der Waals surface area (Å²) in [4.78, 5) is -0.269. The van der Waals surface area contributed by atoms with E-state index >= 15 is 0 Å². The molecule has 0 saturated carbocycles. The summed E-state index contributed by atoms with van der Waals surface area (Å²) >= 11 is 0. The van der Waals surface area contributed by atoms with Gasteiger partial charge in [-0.05, 0) is 35.7 Å². The van der Waals surface area contributed by atoms with Crippen LogP contribution < -0.4 is 4.18 Å². The second-order valence-electron chi connectivity index (χ2n) is 5.12. The van der Waals surface area contributed by atoms with Crippen LogP contribution in [-0.2, 0) is 21.1 Å². The van der Waals surface area contributed by atoms with Crippen LogP contribution in [0.5, 0.6) is 5.75 Å². The van der Waals surface area contributed by atoms with Crippen LogP contribution in [0.2, 0.25) is 0 Å². The summed E-state index contributed by atoms with van der Waals surface area (Å²) in [5.41, 5.74) is 0.531. The van der Waals surface area contributed by atoms with E-state index in [-0.39, 0.29) is 75.4 Å². The molecule has 28 heavy (non-hydrogen) atoms. The third kappa shape index (κ3) is 6.34. The Morgan fingerprint density at radius 3 is 2.11 bits per heavy atom. The van der Waals surface area contributed by atoms with Crippen LogP contribution >= 0.6 is 0 Å². The van der Waals surface area contributed by atoms with Gasteiger partial charge in [-0.15, -0.1) is 5.11 Å². The fourth-order valence-corrected chi connectivity index (χ4v) is 3.07. The van der Waals surface area contributed by atoms with Crippen LogP contribution in [0.25, 0.3) is 10.8 Å². The number of thiol groups is 1. The molecule has 0 radical (unpaired) electrons. The number of hydrogen-bond donors (Lipinski definition) is 2. The topological polar surface area (TPSA) is 122 Å². The fourth-order valence-electron chi connectivity index (χ4n) is 2.28. The molecule has 8 nitrogen and oxygen atoms in total. The van der Waals surface area contributed by atoms with Crippen LogP contribution in [-0.4, -0.2) is 80.5 Å². The molecule has 0 saturated heterocycles. The molecule has 3 aromatic rings. The maximum atomic E-state index is 11.0. The first kappa shape index (κ1) is 25.2. The molecule has 0 aliphatic carbocycles. The van der Waals surface area contributed by atoms with Gasteiger partial charge < -0.3 is 4.18 Å².